The number of ether oxygens (including phenoxy) is 3. The molecule has 0 aliphatic carbocycles. The van der Waals surface area contributed by atoms with Crippen molar-refractivity contribution in [3.8, 4) is 0 Å². The Morgan fingerprint density at radius 2 is 1.07 bits per heavy atom. The molecule has 0 rings (SSSR count). The minimum Gasteiger partial charge on any atom is -0.379 e. The number of hydrogen-bond acceptors (Lipinski definition) is 5. The molecule has 0 atom stereocenters. The Labute approximate surface area is 92.0 Å². The number of nitrogens with two attached hydrogens (primary N) is 2. The van der Waals surface area contributed by atoms with Crippen molar-refractivity contribution in [2.75, 3.05) is 52.7 Å². The molecule has 0 saturated carbocycles. The summed E-state index contributed by atoms with van der Waals surface area (Å²) >= 11 is 0. The van der Waals surface area contributed by atoms with E-state index in [2.05, 4.69) is 0 Å². The largest absolute Gasteiger partial charge is 0.379 e. The lowest BCUT2D eigenvalue weighted by molar-refractivity contribution is 0.0154. The molecule has 0 radical (unpaired) electrons. The second kappa shape index (κ2) is 13.8. The molecular formula is C10H24N2O3. The molecule has 15 heavy (non-hydrogen) atoms. The van der Waals surface area contributed by atoms with Crippen LogP contribution in [0, 0.1) is 0 Å². The average Bonchev–Trinajstić information content (AvgIpc) is 2.26. The second-order valence-electron chi connectivity index (χ2n) is 3.12. The standard InChI is InChI=1S/C10H24N2O3/c11-3-1-2-5-13-7-9-15-10-8-14-6-4-12/h1-12H2. The van der Waals surface area contributed by atoms with Crippen LogP contribution in [0.1, 0.15) is 12.8 Å². The second-order valence-corrected chi connectivity index (χ2v) is 3.12. The molecule has 92 valence electrons. The van der Waals surface area contributed by atoms with E-state index in [9.17, 15) is 0 Å². The van der Waals surface area contributed by atoms with Gasteiger partial charge >= 0.3 is 0 Å². The molecule has 0 saturated heterocycles. The zero-order valence-electron chi connectivity index (χ0n) is 9.45. The van der Waals surface area contributed by atoms with Gasteiger partial charge in [0.2, 0.25) is 0 Å². The van der Waals surface area contributed by atoms with Crippen LogP contribution in [-0.4, -0.2) is 52.7 Å². The Balaban J connectivity index is 2.81. The summed E-state index contributed by atoms with van der Waals surface area (Å²) < 4.78 is 15.7. The Morgan fingerprint density at radius 1 is 0.533 bits per heavy atom. The van der Waals surface area contributed by atoms with Crippen molar-refractivity contribution >= 4 is 0 Å². The maximum absolute atomic E-state index is 5.35. The highest BCUT2D eigenvalue weighted by Crippen LogP contribution is 1.87. The smallest absolute Gasteiger partial charge is 0.0701 e. The van der Waals surface area contributed by atoms with Crippen LogP contribution in [0.4, 0.5) is 0 Å². The summed E-state index contributed by atoms with van der Waals surface area (Å²) in [5, 5.41) is 0. The summed E-state index contributed by atoms with van der Waals surface area (Å²) in [4.78, 5) is 0. The van der Waals surface area contributed by atoms with Gasteiger partial charge in [-0.15, -0.1) is 0 Å². The first-order valence-electron chi connectivity index (χ1n) is 5.55. The van der Waals surface area contributed by atoms with Crippen LogP contribution in [0.25, 0.3) is 0 Å². The molecule has 0 aromatic rings. The molecule has 4 N–H and O–H groups in total. The van der Waals surface area contributed by atoms with E-state index >= 15 is 0 Å². The minimum absolute atomic E-state index is 0.560. The fraction of sp³-hybridized carbons (Fsp3) is 1.00. The van der Waals surface area contributed by atoms with Crippen molar-refractivity contribution in [1.82, 2.24) is 0 Å². The first-order valence-corrected chi connectivity index (χ1v) is 5.55. The predicted octanol–water partition coefficient (Wildman–Crippen LogP) is -0.266. The van der Waals surface area contributed by atoms with Crippen molar-refractivity contribution in [1.29, 1.82) is 0 Å². The first kappa shape index (κ1) is 14.8. The molecule has 0 bridgehead atoms. The Bertz CT molecular complexity index is 103. The average molecular weight is 220 g/mol. The summed E-state index contributed by atoms with van der Waals surface area (Å²) in [7, 11) is 0. The molecule has 5 nitrogen and oxygen atoms in total. The van der Waals surface area contributed by atoms with E-state index in [-0.39, 0.29) is 0 Å². The molecule has 0 unspecified atom stereocenters. The molecule has 0 heterocycles. The van der Waals surface area contributed by atoms with Gasteiger partial charge in [0.1, 0.15) is 0 Å². The van der Waals surface area contributed by atoms with Crippen molar-refractivity contribution < 1.29 is 14.2 Å². The molecule has 0 aromatic carbocycles. The van der Waals surface area contributed by atoms with Crippen LogP contribution in [0.3, 0.4) is 0 Å². The van der Waals surface area contributed by atoms with Gasteiger partial charge in [0.25, 0.3) is 0 Å². The Kier molecular flexibility index (Phi) is 13.6. The highest BCUT2D eigenvalue weighted by atomic mass is 16.5. The molecule has 0 aromatic heterocycles. The summed E-state index contributed by atoms with van der Waals surface area (Å²) in [5.74, 6) is 0. The quantitative estimate of drug-likeness (QED) is 0.443. The Morgan fingerprint density at radius 3 is 1.60 bits per heavy atom. The number of rotatable bonds is 12. The molecule has 0 fully saturated rings. The molecule has 0 aliphatic heterocycles. The summed E-state index contributed by atoms with van der Waals surface area (Å²) in [6.45, 7) is 5.12. The van der Waals surface area contributed by atoms with Gasteiger partial charge in [-0.1, -0.05) is 0 Å². The van der Waals surface area contributed by atoms with Crippen LogP contribution in [0.15, 0.2) is 0 Å². The van der Waals surface area contributed by atoms with Crippen LogP contribution in [0.5, 0.6) is 0 Å². The monoisotopic (exact) mass is 220 g/mol. The van der Waals surface area contributed by atoms with E-state index in [0.717, 1.165) is 26.0 Å². The van der Waals surface area contributed by atoms with Gasteiger partial charge in [-0.3, -0.25) is 0 Å². The lowest BCUT2D eigenvalue weighted by Crippen LogP contribution is -2.13. The normalized spacial score (nSPS) is 10.8. The van der Waals surface area contributed by atoms with Crippen molar-refractivity contribution in [3.05, 3.63) is 0 Å². The molecular weight excluding hydrogens is 196 g/mol. The molecule has 0 amide bonds. The highest BCUT2D eigenvalue weighted by Gasteiger charge is 1.91. The van der Waals surface area contributed by atoms with Gasteiger partial charge in [0.05, 0.1) is 33.0 Å². The predicted molar refractivity (Wildman–Crippen MR) is 59.8 cm³/mol. The maximum atomic E-state index is 5.35. The number of hydrogen-bond donors (Lipinski definition) is 2. The van der Waals surface area contributed by atoms with Crippen LogP contribution < -0.4 is 11.5 Å². The van der Waals surface area contributed by atoms with Crippen LogP contribution in [0.2, 0.25) is 0 Å². The summed E-state index contributed by atoms with van der Waals surface area (Å²) in [6.07, 6.45) is 2.05. The van der Waals surface area contributed by atoms with E-state index in [1.165, 1.54) is 0 Å². The SMILES string of the molecule is NCCCCOCCOCCOCCN. The van der Waals surface area contributed by atoms with Crippen molar-refractivity contribution in [3.63, 3.8) is 0 Å². The zero-order valence-corrected chi connectivity index (χ0v) is 9.45. The maximum Gasteiger partial charge on any atom is 0.0701 e. The molecule has 5 heteroatoms. The summed E-state index contributed by atoms with van der Waals surface area (Å²) in [5.41, 5.74) is 10.6. The fourth-order valence-electron chi connectivity index (χ4n) is 0.974. The lowest BCUT2D eigenvalue weighted by Gasteiger charge is -2.05. The Hall–Kier alpha value is -0.200. The molecule has 0 aliphatic rings. The van der Waals surface area contributed by atoms with Gasteiger partial charge in [0, 0.05) is 13.2 Å². The topological polar surface area (TPSA) is 79.7 Å². The number of unbranched alkanes of at least 4 members (excludes halogenated alkanes) is 1. The third-order valence-corrected chi connectivity index (χ3v) is 1.75. The third-order valence-electron chi connectivity index (χ3n) is 1.75. The van der Waals surface area contributed by atoms with Gasteiger partial charge in [-0.2, -0.15) is 0 Å². The van der Waals surface area contributed by atoms with Gasteiger partial charge in [0.15, 0.2) is 0 Å². The van der Waals surface area contributed by atoms with E-state index in [4.69, 9.17) is 25.7 Å². The third kappa shape index (κ3) is 13.8. The van der Waals surface area contributed by atoms with E-state index in [0.29, 0.717) is 39.6 Å². The van der Waals surface area contributed by atoms with Crippen molar-refractivity contribution in [2.24, 2.45) is 11.5 Å². The van der Waals surface area contributed by atoms with Gasteiger partial charge in [-0.25, -0.2) is 0 Å². The van der Waals surface area contributed by atoms with Crippen LogP contribution in [-0.2, 0) is 14.2 Å². The highest BCUT2D eigenvalue weighted by molar-refractivity contribution is 4.39. The zero-order chi connectivity index (χ0) is 11.2. The van der Waals surface area contributed by atoms with Crippen molar-refractivity contribution in [2.45, 2.75) is 12.8 Å². The fourth-order valence-corrected chi connectivity index (χ4v) is 0.974. The van der Waals surface area contributed by atoms with Gasteiger partial charge in [-0.05, 0) is 19.4 Å². The molecule has 0 spiro atoms. The first-order chi connectivity index (χ1) is 7.41. The summed E-state index contributed by atoms with van der Waals surface area (Å²) in [6, 6.07) is 0. The lowest BCUT2D eigenvalue weighted by atomic mass is 10.3. The van der Waals surface area contributed by atoms with E-state index < -0.39 is 0 Å². The van der Waals surface area contributed by atoms with E-state index in [1.54, 1.807) is 0 Å². The van der Waals surface area contributed by atoms with Gasteiger partial charge < -0.3 is 25.7 Å². The van der Waals surface area contributed by atoms with Crippen LogP contribution >= 0.6 is 0 Å². The minimum atomic E-state index is 0.560. The van der Waals surface area contributed by atoms with E-state index in [1.807, 2.05) is 0 Å².